The lowest BCUT2D eigenvalue weighted by Gasteiger charge is -2.40. The molecule has 162 valence electrons. The average molecular weight is 500 g/mol. The largest absolute Gasteiger partial charge is 0.342 e. The number of rotatable bonds is 2. The van der Waals surface area contributed by atoms with Crippen LogP contribution >= 0.6 is 15.9 Å². The van der Waals surface area contributed by atoms with Gasteiger partial charge in [0.1, 0.15) is 11.0 Å². The van der Waals surface area contributed by atoms with E-state index in [0.29, 0.717) is 0 Å². The molecule has 1 spiro atoms. The lowest BCUT2D eigenvalue weighted by molar-refractivity contribution is 0.328. The SMILES string of the molecule is CC(C)(C)[S@@](=O)/N=C1\c2ccccc2CC12CCN(c1ncc(Br)c3nccn13)CC2. The van der Waals surface area contributed by atoms with Crippen LogP contribution in [0.3, 0.4) is 0 Å². The number of piperidine rings is 1. The Morgan fingerprint density at radius 3 is 2.65 bits per heavy atom. The first-order valence-corrected chi connectivity index (χ1v) is 12.5. The van der Waals surface area contributed by atoms with Gasteiger partial charge in [-0.2, -0.15) is 4.40 Å². The molecule has 31 heavy (non-hydrogen) atoms. The fraction of sp³-hybridized carbons (Fsp3) is 0.435. The second kappa shape index (κ2) is 7.52. The molecule has 3 heterocycles. The van der Waals surface area contributed by atoms with Crippen molar-refractivity contribution in [1.82, 2.24) is 14.4 Å². The monoisotopic (exact) mass is 499 g/mol. The van der Waals surface area contributed by atoms with Gasteiger partial charge < -0.3 is 4.90 Å². The standard InChI is InChI=1S/C23H26BrN5OS/c1-22(2,3)31(30)27-19-17-7-5-4-6-16(17)14-23(19)8-11-28(12-9-23)21-26-15-18(24)20-25-10-13-29(20)21/h4-7,10,13,15H,8-9,11-12,14H2,1-3H3/b27-19+/t31-/m1/s1. The maximum absolute atomic E-state index is 13.0. The van der Waals surface area contributed by atoms with E-state index < -0.39 is 11.0 Å². The zero-order valence-corrected chi connectivity index (χ0v) is 20.4. The van der Waals surface area contributed by atoms with Gasteiger partial charge in [0.15, 0.2) is 5.65 Å². The van der Waals surface area contributed by atoms with Crippen LogP contribution in [0.25, 0.3) is 5.65 Å². The summed E-state index contributed by atoms with van der Waals surface area (Å²) in [5.41, 5.74) is 4.34. The molecule has 2 aromatic heterocycles. The fourth-order valence-corrected chi connectivity index (χ4v) is 5.79. The third kappa shape index (κ3) is 3.53. The summed E-state index contributed by atoms with van der Waals surface area (Å²) >= 11 is 3.54. The van der Waals surface area contributed by atoms with Gasteiger partial charge in [-0.25, -0.2) is 14.2 Å². The van der Waals surface area contributed by atoms with Gasteiger partial charge in [-0.3, -0.25) is 4.40 Å². The highest BCUT2D eigenvalue weighted by molar-refractivity contribution is 9.10. The van der Waals surface area contributed by atoms with E-state index in [1.54, 1.807) is 6.20 Å². The first kappa shape index (κ1) is 20.8. The number of hydrogen-bond acceptors (Lipinski definition) is 4. The van der Waals surface area contributed by atoms with Gasteiger partial charge in [0.2, 0.25) is 5.95 Å². The molecular weight excluding hydrogens is 474 g/mol. The van der Waals surface area contributed by atoms with Gasteiger partial charge in [-0.1, -0.05) is 24.3 Å². The van der Waals surface area contributed by atoms with E-state index in [1.165, 1.54) is 11.1 Å². The Hall–Kier alpha value is -2.06. The summed E-state index contributed by atoms with van der Waals surface area (Å²) in [7, 11) is -1.28. The Bertz CT molecular complexity index is 1200. The van der Waals surface area contributed by atoms with Crippen LogP contribution in [0.5, 0.6) is 0 Å². The summed E-state index contributed by atoms with van der Waals surface area (Å²) in [6, 6.07) is 8.48. The first-order valence-electron chi connectivity index (χ1n) is 10.6. The Balaban J connectivity index is 1.48. The van der Waals surface area contributed by atoms with Crippen LogP contribution in [0, 0.1) is 5.41 Å². The van der Waals surface area contributed by atoms with Crippen LogP contribution in [0.1, 0.15) is 44.7 Å². The molecule has 6 nitrogen and oxygen atoms in total. The Morgan fingerprint density at radius 1 is 1.16 bits per heavy atom. The highest BCUT2D eigenvalue weighted by Gasteiger charge is 2.46. The summed E-state index contributed by atoms with van der Waals surface area (Å²) < 4.78 is 20.4. The molecule has 0 unspecified atom stereocenters. The number of aromatic nitrogens is 3. The van der Waals surface area contributed by atoms with E-state index in [1.807, 2.05) is 37.6 Å². The number of halogens is 1. The van der Waals surface area contributed by atoms with Gasteiger partial charge in [-0.15, -0.1) is 0 Å². The molecule has 3 aromatic rings. The molecule has 0 saturated carbocycles. The van der Waals surface area contributed by atoms with E-state index in [2.05, 4.69) is 55.1 Å². The molecular formula is C23H26BrN5OS. The molecule has 1 aliphatic heterocycles. The zero-order chi connectivity index (χ0) is 21.8. The minimum Gasteiger partial charge on any atom is -0.342 e. The first-order chi connectivity index (χ1) is 14.8. The van der Waals surface area contributed by atoms with Crippen LogP contribution < -0.4 is 4.90 Å². The molecule has 1 aromatic carbocycles. The van der Waals surface area contributed by atoms with Crippen molar-refractivity contribution in [3.63, 3.8) is 0 Å². The molecule has 1 fully saturated rings. The minimum atomic E-state index is -1.28. The van der Waals surface area contributed by atoms with Gasteiger partial charge >= 0.3 is 0 Å². The topological polar surface area (TPSA) is 62.9 Å². The number of imidazole rings is 1. The molecule has 0 N–H and O–H groups in total. The van der Waals surface area contributed by atoms with Crippen molar-refractivity contribution < 1.29 is 4.21 Å². The second-order valence-corrected chi connectivity index (χ2v) is 12.2. The van der Waals surface area contributed by atoms with E-state index >= 15 is 0 Å². The predicted molar refractivity (Wildman–Crippen MR) is 129 cm³/mol. The molecule has 1 atom stereocenters. The maximum atomic E-state index is 13.0. The van der Waals surface area contributed by atoms with Crippen LogP contribution in [-0.4, -0.2) is 42.1 Å². The quantitative estimate of drug-likeness (QED) is 0.517. The maximum Gasteiger partial charge on any atom is 0.211 e. The number of hydrogen-bond donors (Lipinski definition) is 0. The van der Waals surface area contributed by atoms with Crippen LogP contribution in [0.2, 0.25) is 0 Å². The van der Waals surface area contributed by atoms with E-state index in [-0.39, 0.29) is 10.2 Å². The minimum absolute atomic E-state index is 0.0650. The second-order valence-electron chi connectivity index (χ2n) is 9.43. The Kier molecular flexibility index (Phi) is 5.05. The van der Waals surface area contributed by atoms with Crippen molar-refractivity contribution >= 4 is 44.2 Å². The van der Waals surface area contributed by atoms with E-state index in [9.17, 15) is 4.21 Å². The Labute approximate surface area is 193 Å². The molecule has 0 bridgehead atoms. The Morgan fingerprint density at radius 2 is 1.90 bits per heavy atom. The molecule has 5 rings (SSSR count). The van der Waals surface area contributed by atoms with Gasteiger partial charge in [-0.05, 0) is 61.5 Å². The van der Waals surface area contributed by atoms with Crippen molar-refractivity contribution in [3.8, 4) is 0 Å². The van der Waals surface area contributed by atoms with Crippen molar-refractivity contribution in [3.05, 3.63) is 58.5 Å². The number of anilines is 1. The molecule has 2 aliphatic rings. The van der Waals surface area contributed by atoms with Crippen LogP contribution in [-0.2, 0) is 17.4 Å². The third-order valence-electron chi connectivity index (χ3n) is 6.37. The van der Waals surface area contributed by atoms with Crippen LogP contribution in [0.15, 0.2) is 51.7 Å². The smallest absolute Gasteiger partial charge is 0.211 e. The summed E-state index contributed by atoms with van der Waals surface area (Å²) in [6.45, 7) is 7.70. The predicted octanol–water partition coefficient (Wildman–Crippen LogP) is 4.59. The van der Waals surface area contributed by atoms with Gasteiger partial charge in [0.05, 0.1) is 14.9 Å². The lowest BCUT2D eigenvalue weighted by Crippen LogP contribution is -2.44. The normalized spacial score (nSPS) is 20.5. The van der Waals surface area contributed by atoms with Crippen LogP contribution in [0.4, 0.5) is 5.95 Å². The lowest BCUT2D eigenvalue weighted by atomic mass is 9.74. The summed E-state index contributed by atoms with van der Waals surface area (Å²) in [5.74, 6) is 0.915. The van der Waals surface area contributed by atoms with Crippen molar-refractivity contribution in [2.24, 2.45) is 9.81 Å². The number of nitrogens with zero attached hydrogens (tertiary/aromatic N) is 5. The molecule has 1 aliphatic carbocycles. The van der Waals surface area contributed by atoms with E-state index in [0.717, 1.165) is 54.1 Å². The van der Waals surface area contributed by atoms with Crippen molar-refractivity contribution in [1.29, 1.82) is 0 Å². The summed E-state index contributed by atoms with van der Waals surface area (Å²) in [4.78, 5) is 11.4. The zero-order valence-electron chi connectivity index (χ0n) is 18.0. The average Bonchev–Trinajstić information content (AvgIpc) is 3.33. The molecule has 0 radical (unpaired) electrons. The van der Waals surface area contributed by atoms with Crippen molar-refractivity contribution in [2.75, 3.05) is 18.0 Å². The molecule has 1 saturated heterocycles. The third-order valence-corrected chi connectivity index (χ3v) is 8.32. The van der Waals surface area contributed by atoms with Gasteiger partial charge in [0, 0.05) is 42.7 Å². The number of benzene rings is 1. The molecule has 0 amide bonds. The van der Waals surface area contributed by atoms with Gasteiger partial charge in [0.25, 0.3) is 0 Å². The summed E-state index contributed by atoms with van der Waals surface area (Å²) in [6.07, 6.45) is 8.46. The fourth-order valence-electron chi connectivity index (χ4n) is 4.66. The highest BCUT2D eigenvalue weighted by atomic mass is 79.9. The number of fused-ring (bicyclic) bond motifs is 2. The molecule has 8 heteroatoms. The van der Waals surface area contributed by atoms with E-state index in [4.69, 9.17) is 4.40 Å². The summed E-state index contributed by atoms with van der Waals surface area (Å²) in [5, 5.41) is 0. The highest BCUT2D eigenvalue weighted by Crippen LogP contribution is 2.46. The van der Waals surface area contributed by atoms with Crippen molar-refractivity contribution in [2.45, 2.75) is 44.8 Å².